The second-order valence-corrected chi connectivity index (χ2v) is 8.98. The van der Waals surface area contributed by atoms with Gasteiger partial charge in [0.15, 0.2) is 0 Å². The Balaban J connectivity index is 0.000000151. The molecule has 0 radical (unpaired) electrons. The molecule has 0 aromatic carbocycles. The molecule has 0 unspecified atom stereocenters. The Morgan fingerprint density at radius 1 is 0.654 bits per heavy atom. The molecule has 4 heterocycles. The van der Waals surface area contributed by atoms with Crippen LogP contribution in [0.4, 0.5) is 0 Å². The normalized spacial score (nSPS) is 12.2. The molecule has 0 atom stereocenters. The van der Waals surface area contributed by atoms with Crippen LogP contribution in [0.2, 0.25) is 0 Å². The van der Waals surface area contributed by atoms with Crippen molar-refractivity contribution < 1.29 is 0 Å². The van der Waals surface area contributed by atoms with E-state index in [0.717, 1.165) is 0 Å². The third kappa shape index (κ3) is 3.85. The fraction of sp³-hybridized carbons (Fsp3) is 0.333. The van der Waals surface area contributed by atoms with Crippen molar-refractivity contribution in [1.29, 1.82) is 0 Å². The van der Waals surface area contributed by atoms with Crippen LogP contribution in [0.15, 0.2) is 73.2 Å². The van der Waals surface area contributed by atoms with Crippen molar-refractivity contribution in [3.05, 3.63) is 84.4 Å². The van der Waals surface area contributed by atoms with E-state index in [9.17, 15) is 0 Å². The summed E-state index contributed by atoms with van der Waals surface area (Å²) in [7, 11) is 0. The number of rotatable bonds is 0. The maximum absolute atomic E-state index is 2.25. The predicted octanol–water partition coefficient (Wildman–Crippen LogP) is 6.47. The first kappa shape index (κ1) is 18.3. The number of hydrogen-bond donors (Lipinski definition) is 0. The van der Waals surface area contributed by atoms with Gasteiger partial charge in [0.05, 0.1) is 0 Å². The van der Waals surface area contributed by atoms with Crippen molar-refractivity contribution in [1.82, 2.24) is 8.80 Å². The number of aromatic nitrogens is 2. The Bertz CT molecular complexity index is 962. The zero-order valence-corrected chi connectivity index (χ0v) is 16.8. The van der Waals surface area contributed by atoms with Gasteiger partial charge in [-0.25, -0.2) is 0 Å². The first-order valence-electron chi connectivity index (χ1n) is 9.30. The molecule has 0 N–H and O–H groups in total. The lowest BCUT2D eigenvalue weighted by Crippen LogP contribution is -2.13. The zero-order valence-electron chi connectivity index (χ0n) is 16.8. The molecule has 4 aromatic heterocycles. The molecule has 4 rings (SSSR count). The molecule has 2 nitrogen and oxygen atoms in total. The fourth-order valence-electron chi connectivity index (χ4n) is 3.13. The summed E-state index contributed by atoms with van der Waals surface area (Å²) in [5, 5.41) is 0. The lowest BCUT2D eigenvalue weighted by atomic mass is 9.89. The maximum Gasteiger partial charge on any atom is 0.0453 e. The summed E-state index contributed by atoms with van der Waals surface area (Å²) < 4.78 is 4.42. The number of hydrogen-bond acceptors (Lipinski definition) is 0. The molecule has 0 aliphatic rings. The van der Waals surface area contributed by atoms with Crippen LogP contribution in [0.1, 0.15) is 52.8 Å². The summed E-state index contributed by atoms with van der Waals surface area (Å²) >= 11 is 0. The van der Waals surface area contributed by atoms with E-state index < -0.39 is 0 Å². The van der Waals surface area contributed by atoms with Gasteiger partial charge in [0.25, 0.3) is 0 Å². The minimum atomic E-state index is 0.216. The molecule has 0 bridgehead atoms. The van der Waals surface area contributed by atoms with Gasteiger partial charge >= 0.3 is 0 Å². The molecule has 0 fully saturated rings. The first-order chi connectivity index (χ1) is 12.2. The van der Waals surface area contributed by atoms with Gasteiger partial charge in [-0.05, 0) is 53.4 Å². The summed E-state index contributed by atoms with van der Waals surface area (Å²) in [4.78, 5) is 0. The zero-order chi connectivity index (χ0) is 18.9. The Labute approximate surface area is 157 Å². The molecule has 0 amide bonds. The average Bonchev–Trinajstić information content (AvgIpc) is 3.19. The smallest absolute Gasteiger partial charge is 0.0453 e. The third-order valence-electron chi connectivity index (χ3n) is 4.70. The van der Waals surface area contributed by atoms with Crippen molar-refractivity contribution in [2.24, 2.45) is 0 Å². The molecular formula is C24H30N2. The summed E-state index contributed by atoms with van der Waals surface area (Å²) in [6.07, 6.45) is 6.41. The second-order valence-electron chi connectivity index (χ2n) is 8.98. The van der Waals surface area contributed by atoms with Gasteiger partial charge in [0.1, 0.15) is 0 Å². The van der Waals surface area contributed by atoms with Gasteiger partial charge in [-0.1, -0.05) is 53.7 Å². The van der Waals surface area contributed by atoms with E-state index in [0.29, 0.717) is 0 Å². The van der Waals surface area contributed by atoms with Crippen LogP contribution in [0.5, 0.6) is 0 Å². The van der Waals surface area contributed by atoms with Crippen LogP contribution in [0, 0.1) is 0 Å². The van der Waals surface area contributed by atoms with E-state index in [-0.39, 0.29) is 10.8 Å². The third-order valence-corrected chi connectivity index (χ3v) is 4.70. The van der Waals surface area contributed by atoms with Crippen molar-refractivity contribution in [3.63, 3.8) is 0 Å². The van der Waals surface area contributed by atoms with E-state index in [1.54, 1.807) is 0 Å². The molecule has 0 spiro atoms. The molecule has 4 aromatic rings. The van der Waals surface area contributed by atoms with Crippen LogP contribution >= 0.6 is 0 Å². The highest BCUT2D eigenvalue weighted by molar-refractivity contribution is 5.52. The predicted molar refractivity (Wildman–Crippen MR) is 112 cm³/mol. The van der Waals surface area contributed by atoms with Crippen LogP contribution in [-0.4, -0.2) is 8.80 Å². The molecule has 26 heavy (non-hydrogen) atoms. The summed E-state index contributed by atoms with van der Waals surface area (Å²) in [5.74, 6) is 0. The maximum atomic E-state index is 2.25. The molecule has 0 aliphatic carbocycles. The SMILES string of the molecule is CC(C)(C)c1cc2ccccn2c1.CC(C)(C)c1ccc2ccccn12. The van der Waals surface area contributed by atoms with Crippen molar-refractivity contribution in [3.8, 4) is 0 Å². The molecule has 2 heteroatoms. The highest BCUT2D eigenvalue weighted by Gasteiger charge is 2.17. The summed E-state index contributed by atoms with van der Waals surface area (Å²) in [6, 6.07) is 19.2. The lowest BCUT2D eigenvalue weighted by molar-refractivity contribution is 0.564. The van der Waals surface area contributed by atoms with Crippen LogP contribution in [0.3, 0.4) is 0 Å². The number of nitrogens with zero attached hydrogens (tertiary/aromatic N) is 2. The van der Waals surface area contributed by atoms with Crippen molar-refractivity contribution in [2.45, 2.75) is 52.4 Å². The first-order valence-corrected chi connectivity index (χ1v) is 9.30. The van der Waals surface area contributed by atoms with E-state index in [4.69, 9.17) is 0 Å². The van der Waals surface area contributed by atoms with Crippen molar-refractivity contribution in [2.75, 3.05) is 0 Å². The van der Waals surface area contributed by atoms with Gasteiger partial charge in [0.2, 0.25) is 0 Å². The Kier molecular flexibility index (Phi) is 4.70. The minimum absolute atomic E-state index is 0.216. The van der Waals surface area contributed by atoms with Crippen molar-refractivity contribution >= 4 is 11.0 Å². The quantitative estimate of drug-likeness (QED) is 0.345. The molecule has 0 saturated carbocycles. The van der Waals surface area contributed by atoms with Gasteiger partial charge in [-0.3, -0.25) is 0 Å². The molecular weight excluding hydrogens is 316 g/mol. The molecule has 136 valence electrons. The van der Waals surface area contributed by atoms with Gasteiger partial charge in [-0.15, -0.1) is 0 Å². The second kappa shape index (κ2) is 6.68. The fourth-order valence-corrected chi connectivity index (χ4v) is 3.13. The van der Waals surface area contributed by atoms with E-state index in [1.165, 1.54) is 22.3 Å². The highest BCUT2D eigenvalue weighted by Crippen LogP contribution is 2.25. The molecule has 0 saturated heterocycles. The summed E-state index contributed by atoms with van der Waals surface area (Å²) in [5.41, 5.74) is 5.75. The largest absolute Gasteiger partial charge is 0.324 e. The monoisotopic (exact) mass is 346 g/mol. The van der Waals surface area contributed by atoms with Crippen LogP contribution in [-0.2, 0) is 10.8 Å². The number of pyridine rings is 2. The standard InChI is InChI=1S/2C12H15N/c1-12(2,3)11-8-7-10-6-4-5-9-13(10)11;1-12(2,3)10-8-11-6-4-5-7-13(11)9-10/h2*4-9H,1-3H3. The highest BCUT2D eigenvalue weighted by atomic mass is 14.9. The van der Waals surface area contributed by atoms with Gasteiger partial charge < -0.3 is 8.80 Å². The number of fused-ring (bicyclic) bond motifs is 2. The van der Waals surface area contributed by atoms with Gasteiger partial charge in [0, 0.05) is 40.7 Å². The Morgan fingerprint density at radius 3 is 1.92 bits per heavy atom. The van der Waals surface area contributed by atoms with E-state index in [1.807, 2.05) is 0 Å². The Morgan fingerprint density at radius 2 is 1.31 bits per heavy atom. The lowest BCUT2D eigenvalue weighted by Gasteiger charge is -2.18. The Hall–Kier alpha value is -2.48. The summed E-state index contributed by atoms with van der Waals surface area (Å²) in [6.45, 7) is 13.4. The topological polar surface area (TPSA) is 8.82 Å². The van der Waals surface area contributed by atoms with E-state index >= 15 is 0 Å². The van der Waals surface area contributed by atoms with Crippen LogP contribution < -0.4 is 0 Å². The van der Waals surface area contributed by atoms with E-state index in [2.05, 4.69) is 124 Å². The van der Waals surface area contributed by atoms with Crippen LogP contribution in [0.25, 0.3) is 11.0 Å². The average molecular weight is 347 g/mol. The minimum Gasteiger partial charge on any atom is -0.324 e. The van der Waals surface area contributed by atoms with Gasteiger partial charge in [-0.2, -0.15) is 0 Å². The molecule has 0 aliphatic heterocycles.